The number of nitrogens with one attached hydrogen (secondary N) is 1. The van der Waals surface area contributed by atoms with Gasteiger partial charge in [-0.1, -0.05) is 25.0 Å². The monoisotopic (exact) mass is 428 g/mol. The topological polar surface area (TPSA) is 45.8 Å². The van der Waals surface area contributed by atoms with Crippen LogP contribution in [0.5, 0.6) is 0 Å². The summed E-state index contributed by atoms with van der Waals surface area (Å²) in [5.74, 6) is 4.09. The highest BCUT2D eigenvalue weighted by Gasteiger charge is 2.41. The van der Waals surface area contributed by atoms with Crippen LogP contribution < -0.4 is 0 Å². The molecule has 2 saturated carbocycles. The maximum Gasteiger partial charge on any atom is 0.162 e. The average Bonchev–Trinajstić information content (AvgIpc) is 3.38. The SMILES string of the molecule is O=C(CCCC[C@@H]1C[C@H]2CC[C@@H](C1)C2CCCc1ccncc1)c1ccc2cc[nH]c2c1. The molecule has 0 spiro atoms. The fourth-order valence-electron chi connectivity index (χ4n) is 6.66. The summed E-state index contributed by atoms with van der Waals surface area (Å²) < 4.78 is 0. The molecule has 32 heavy (non-hydrogen) atoms. The van der Waals surface area contributed by atoms with Crippen molar-refractivity contribution in [2.45, 2.75) is 70.6 Å². The lowest BCUT2D eigenvalue weighted by Gasteiger charge is -2.35. The molecule has 4 atom stereocenters. The van der Waals surface area contributed by atoms with Crippen molar-refractivity contribution in [3.8, 4) is 0 Å². The van der Waals surface area contributed by atoms with Gasteiger partial charge in [0.05, 0.1) is 0 Å². The number of unbranched alkanes of at least 4 members (excludes halogenated alkanes) is 1. The Bertz CT molecular complexity index is 1010. The average molecular weight is 429 g/mol. The molecule has 3 nitrogen and oxygen atoms in total. The van der Waals surface area contributed by atoms with Crippen LogP contribution in [-0.4, -0.2) is 15.8 Å². The molecule has 2 bridgehead atoms. The molecule has 0 radical (unpaired) electrons. The van der Waals surface area contributed by atoms with E-state index in [9.17, 15) is 4.79 Å². The number of fused-ring (bicyclic) bond motifs is 3. The van der Waals surface area contributed by atoms with E-state index in [-0.39, 0.29) is 0 Å². The van der Waals surface area contributed by atoms with Gasteiger partial charge in [0.25, 0.3) is 0 Å². The number of benzene rings is 1. The lowest BCUT2D eigenvalue weighted by molar-refractivity contribution is 0.0976. The van der Waals surface area contributed by atoms with E-state index < -0.39 is 0 Å². The summed E-state index contributed by atoms with van der Waals surface area (Å²) in [7, 11) is 0. The molecule has 2 aromatic heterocycles. The molecule has 2 fully saturated rings. The predicted octanol–water partition coefficient (Wildman–Crippen LogP) is 7.38. The quantitative estimate of drug-likeness (QED) is 0.270. The summed E-state index contributed by atoms with van der Waals surface area (Å²) in [6.45, 7) is 0. The van der Waals surface area contributed by atoms with Crippen molar-refractivity contribution in [3.63, 3.8) is 0 Å². The number of hydrogen-bond acceptors (Lipinski definition) is 2. The molecule has 3 heteroatoms. The van der Waals surface area contributed by atoms with Crippen LogP contribution >= 0.6 is 0 Å². The summed E-state index contributed by atoms with van der Waals surface area (Å²) in [4.78, 5) is 19.9. The first-order chi connectivity index (χ1) is 15.8. The molecule has 5 rings (SSSR count). The molecule has 2 aliphatic rings. The van der Waals surface area contributed by atoms with Crippen molar-refractivity contribution in [1.29, 1.82) is 0 Å². The molecule has 1 N–H and O–H groups in total. The first-order valence-electron chi connectivity index (χ1n) is 12.8. The number of aromatic nitrogens is 2. The predicted molar refractivity (Wildman–Crippen MR) is 131 cm³/mol. The van der Waals surface area contributed by atoms with E-state index in [1.165, 1.54) is 68.7 Å². The molecule has 2 heterocycles. The summed E-state index contributed by atoms with van der Waals surface area (Å²) >= 11 is 0. The Balaban J connectivity index is 1.02. The van der Waals surface area contributed by atoms with Crippen LogP contribution in [0, 0.1) is 23.7 Å². The number of ketones is 1. The second-order valence-corrected chi connectivity index (χ2v) is 10.3. The van der Waals surface area contributed by atoms with Crippen molar-refractivity contribution >= 4 is 16.7 Å². The molecule has 168 valence electrons. The fourth-order valence-corrected chi connectivity index (χ4v) is 6.66. The van der Waals surface area contributed by atoms with E-state index in [4.69, 9.17) is 0 Å². The van der Waals surface area contributed by atoms with Gasteiger partial charge >= 0.3 is 0 Å². The lowest BCUT2D eigenvalue weighted by atomic mass is 9.70. The largest absolute Gasteiger partial charge is 0.361 e. The van der Waals surface area contributed by atoms with Crippen LogP contribution in [0.15, 0.2) is 55.0 Å². The Morgan fingerprint density at radius 2 is 1.75 bits per heavy atom. The number of aryl methyl sites for hydroxylation is 1. The maximum absolute atomic E-state index is 12.6. The number of hydrogen-bond donors (Lipinski definition) is 1. The number of Topliss-reactive ketones (excluding diaryl/α,β-unsaturated/α-hetero) is 1. The molecule has 0 aliphatic heterocycles. The van der Waals surface area contributed by atoms with Crippen molar-refractivity contribution < 1.29 is 4.79 Å². The van der Waals surface area contributed by atoms with E-state index in [1.807, 2.05) is 42.9 Å². The van der Waals surface area contributed by atoms with E-state index in [0.717, 1.165) is 41.2 Å². The van der Waals surface area contributed by atoms with E-state index in [1.54, 1.807) is 0 Å². The molecule has 1 unspecified atom stereocenters. The zero-order valence-electron chi connectivity index (χ0n) is 19.1. The van der Waals surface area contributed by atoms with Gasteiger partial charge in [-0.3, -0.25) is 9.78 Å². The second-order valence-electron chi connectivity index (χ2n) is 10.3. The highest BCUT2D eigenvalue weighted by molar-refractivity contribution is 5.99. The normalized spacial score (nSPS) is 24.8. The smallest absolute Gasteiger partial charge is 0.162 e. The van der Waals surface area contributed by atoms with E-state index >= 15 is 0 Å². The number of pyridine rings is 1. The first kappa shape index (κ1) is 21.4. The van der Waals surface area contributed by atoms with Crippen LogP contribution in [0.2, 0.25) is 0 Å². The molecule has 0 amide bonds. The third-order valence-electron chi connectivity index (χ3n) is 8.29. The van der Waals surface area contributed by atoms with Gasteiger partial charge in [-0.25, -0.2) is 0 Å². The van der Waals surface area contributed by atoms with Crippen LogP contribution in [0.4, 0.5) is 0 Å². The van der Waals surface area contributed by atoms with Gasteiger partial charge in [-0.15, -0.1) is 0 Å². The summed E-state index contributed by atoms with van der Waals surface area (Å²) in [6.07, 6.45) is 19.7. The van der Waals surface area contributed by atoms with Crippen LogP contribution in [-0.2, 0) is 6.42 Å². The highest BCUT2D eigenvalue weighted by Crippen LogP contribution is 2.51. The van der Waals surface area contributed by atoms with Crippen molar-refractivity contribution in [2.24, 2.45) is 23.7 Å². The number of carbonyl (C=O) groups excluding carboxylic acids is 1. The molecular formula is C29H36N2O. The van der Waals surface area contributed by atoms with Gasteiger partial charge in [0, 0.05) is 36.1 Å². The standard InChI is InChI=1S/C29H36N2O/c32-29(26-11-8-23-14-17-31-28(23)20-26)7-2-1-4-22-18-24-9-10-25(19-22)27(24)6-3-5-21-12-15-30-16-13-21/h8,11-17,20,22,24-25,27,31H,1-7,9-10,18-19H2/t22-,24-,25+,27?. The molecule has 3 aromatic rings. The summed E-state index contributed by atoms with van der Waals surface area (Å²) in [6, 6.07) is 12.4. The van der Waals surface area contributed by atoms with E-state index in [0.29, 0.717) is 12.2 Å². The van der Waals surface area contributed by atoms with E-state index in [2.05, 4.69) is 22.1 Å². The van der Waals surface area contributed by atoms with Crippen molar-refractivity contribution in [1.82, 2.24) is 9.97 Å². The Hall–Kier alpha value is -2.42. The summed E-state index contributed by atoms with van der Waals surface area (Å²) in [5, 5.41) is 1.17. The van der Waals surface area contributed by atoms with Crippen molar-refractivity contribution in [3.05, 3.63) is 66.1 Å². The Kier molecular flexibility index (Phi) is 6.71. The number of carbonyl (C=O) groups is 1. The van der Waals surface area contributed by atoms with Crippen LogP contribution in [0.3, 0.4) is 0 Å². The Labute approximate surface area is 192 Å². The number of H-pyrrole nitrogens is 1. The zero-order valence-corrected chi connectivity index (χ0v) is 19.1. The minimum atomic E-state index is 0.291. The number of aromatic amines is 1. The van der Waals surface area contributed by atoms with Crippen LogP contribution in [0.25, 0.3) is 10.9 Å². The first-order valence-corrected chi connectivity index (χ1v) is 12.8. The third-order valence-corrected chi connectivity index (χ3v) is 8.29. The van der Waals surface area contributed by atoms with Crippen molar-refractivity contribution in [2.75, 3.05) is 0 Å². The maximum atomic E-state index is 12.6. The van der Waals surface area contributed by atoms with Gasteiger partial charge in [-0.2, -0.15) is 0 Å². The minimum Gasteiger partial charge on any atom is -0.361 e. The number of rotatable bonds is 10. The molecule has 2 aliphatic carbocycles. The van der Waals surface area contributed by atoms with Gasteiger partial charge in [-0.05, 0) is 110 Å². The van der Waals surface area contributed by atoms with Gasteiger partial charge < -0.3 is 4.98 Å². The molecule has 0 saturated heterocycles. The summed E-state index contributed by atoms with van der Waals surface area (Å²) in [5.41, 5.74) is 3.34. The lowest BCUT2D eigenvalue weighted by Crippen LogP contribution is -2.26. The second kappa shape index (κ2) is 10.0. The fraction of sp³-hybridized carbons (Fsp3) is 0.517. The Morgan fingerprint density at radius 1 is 0.938 bits per heavy atom. The van der Waals surface area contributed by atoms with Gasteiger partial charge in [0.2, 0.25) is 0 Å². The van der Waals surface area contributed by atoms with Gasteiger partial charge in [0.1, 0.15) is 0 Å². The number of nitrogens with zero attached hydrogens (tertiary/aromatic N) is 1. The third kappa shape index (κ3) is 4.98. The Morgan fingerprint density at radius 3 is 2.56 bits per heavy atom. The van der Waals surface area contributed by atoms with Gasteiger partial charge in [0.15, 0.2) is 5.78 Å². The highest BCUT2D eigenvalue weighted by atomic mass is 16.1. The van der Waals surface area contributed by atoms with Crippen LogP contribution in [0.1, 0.15) is 80.1 Å². The minimum absolute atomic E-state index is 0.291. The molecular weight excluding hydrogens is 392 g/mol. The molecule has 1 aromatic carbocycles. The zero-order chi connectivity index (χ0) is 21.8.